The van der Waals surface area contributed by atoms with Crippen LogP contribution in [0.15, 0.2) is 36.4 Å². The maximum atomic E-state index is 13.2. The molecule has 3 N–H and O–H groups in total. The molecule has 0 fully saturated rings. The van der Waals surface area contributed by atoms with E-state index in [1.54, 1.807) is 0 Å². The van der Waals surface area contributed by atoms with E-state index in [2.05, 4.69) is 5.32 Å². The summed E-state index contributed by atoms with van der Waals surface area (Å²) in [6.45, 7) is 0. The van der Waals surface area contributed by atoms with Gasteiger partial charge in [-0.1, -0.05) is 17.7 Å². The van der Waals surface area contributed by atoms with Crippen LogP contribution in [0.3, 0.4) is 0 Å². The Kier molecular flexibility index (Phi) is 3.66. The Bertz CT molecular complexity index is 647. The Morgan fingerprint density at radius 2 is 1.89 bits per heavy atom. The van der Waals surface area contributed by atoms with Crippen molar-refractivity contribution in [3.05, 3.63) is 58.6 Å². The molecule has 19 heavy (non-hydrogen) atoms. The molecule has 0 spiro atoms. The first kappa shape index (κ1) is 13.3. The van der Waals surface area contributed by atoms with Crippen LogP contribution in [0.2, 0.25) is 5.02 Å². The Hall–Kier alpha value is -2.14. The van der Waals surface area contributed by atoms with Crippen LogP contribution in [0.1, 0.15) is 10.4 Å². The van der Waals surface area contributed by atoms with Crippen molar-refractivity contribution in [3.8, 4) is 0 Å². The Labute approximate surface area is 113 Å². The normalized spacial score (nSPS) is 10.3. The van der Waals surface area contributed by atoms with E-state index in [9.17, 15) is 13.6 Å². The highest BCUT2D eigenvalue weighted by atomic mass is 35.5. The molecule has 0 unspecified atom stereocenters. The highest BCUT2D eigenvalue weighted by molar-refractivity contribution is 6.31. The standard InChI is InChI=1S/C13H9ClF2N2O/c14-9-6-7(4-5-10(9)15)18-13(19)8-2-1-3-11(16)12(8)17/h1-6H,17H2,(H,18,19). The molecule has 0 radical (unpaired) electrons. The molecule has 2 aromatic carbocycles. The van der Waals surface area contributed by atoms with Gasteiger partial charge in [-0.15, -0.1) is 0 Å². The molecule has 98 valence electrons. The fraction of sp³-hybridized carbons (Fsp3) is 0. The lowest BCUT2D eigenvalue weighted by atomic mass is 10.1. The summed E-state index contributed by atoms with van der Waals surface area (Å²) in [5.41, 5.74) is 5.52. The summed E-state index contributed by atoms with van der Waals surface area (Å²) in [5, 5.41) is 2.34. The molecule has 0 aromatic heterocycles. The van der Waals surface area contributed by atoms with Crippen LogP contribution < -0.4 is 11.1 Å². The van der Waals surface area contributed by atoms with E-state index in [0.29, 0.717) is 5.69 Å². The fourth-order valence-corrected chi connectivity index (χ4v) is 1.69. The number of carbonyl (C=O) groups excluding carboxylic acids is 1. The maximum absolute atomic E-state index is 13.2. The molecule has 2 aromatic rings. The predicted octanol–water partition coefficient (Wildman–Crippen LogP) is 3.45. The van der Waals surface area contributed by atoms with Crippen molar-refractivity contribution in [3.63, 3.8) is 0 Å². The lowest BCUT2D eigenvalue weighted by Gasteiger charge is -2.08. The van der Waals surface area contributed by atoms with Crippen molar-refractivity contribution in [2.75, 3.05) is 11.1 Å². The van der Waals surface area contributed by atoms with Gasteiger partial charge < -0.3 is 11.1 Å². The van der Waals surface area contributed by atoms with Gasteiger partial charge in [0, 0.05) is 5.69 Å². The van der Waals surface area contributed by atoms with Crippen molar-refractivity contribution in [2.45, 2.75) is 0 Å². The van der Waals surface area contributed by atoms with E-state index in [1.807, 2.05) is 0 Å². The molecule has 0 aliphatic carbocycles. The summed E-state index contributed by atoms with van der Waals surface area (Å²) in [5.74, 6) is -1.87. The molecule has 0 saturated heterocycles. The third kappa shape index (κ3) is 2.82. The number of nitrogens with two attached hydrogens (primary N) is 1. The van der Waals surface area contributed by atoms with Gasteiger partial charge in [-0.25, -0.2) is 8.78 Å². The number of hydrogen-bond donors (Lipinski definition) is 2. The van der Waals surface area contributed by atoms with Crippen LogP contribution in [0.25, 0.3) is 0 Å². The van der Waals surface area contributed by atoms with Crippen LogP contribution in [-0.4, -0.2) is 5.91 Å². The number of nitrogens with one attached hydrogen (secondary N) is 1. The summed E-state index contributed by atoms with van der Waals surface area (Å²) in [6.07, 6.45) is 0. The number of hydrogen-bond acceptors (Lipinski definition) is 2. The number of anilines is 2. The average Bonchev–Trinajstić information content (AvgIpc) is 2.37. The second-order valence-electron chi connectivity index (χ2n) is 3.78. The van der Waals surface area contributed by atoms with Gasteiger partial charge in [0.25, 0.3) is 5.91 Å². The molecule has 0 heterocycles. The molecule has 0 aliphatic heterocycles. The van der Waals surface area contributed by atoms with E-state index in [-0.39, 0.29) is 16.3 Å². The van der Waals surface area contributed by atoms with E-state index in [0.717, 1.165) is 12.1 Å². The van der Waals surface area contributed by atoms with Crippen molar-refractivity contribution < 1.29 is 13.6 Å². The van der Waals surface area contributed by atoms with Gasteiger partial charge in [-0.05, 0) is 30.3 Å². The SMILES string of the molecule is Nc1c(F)cccc1C(=O)Nc1ccc(F)c(Cl)c1. The number of benzene rings is 2. The number of amides is 1. The molecule has 0 aliphatic rings. The smallest absolute Gasteiger partial charge is 0.257 e. The summed E-state index contributed by atoms with van der Waals surface area (Å²) in [7, 11) is 0. The minimum atomic E-state index is -0.676. The summed E-state index contributed by atoms with van der Waals surface area (Å²) >= 11 is 5.59. The van der Waals surface area contributed by atoms with Crippen LogP contribution in [0.4, 0.5) is 20.2 Å². The van der Waals surface area contributed by atoms with Crippen LogP contribution in [0.5, 0.6) is 0 Å². The molecule has 2 rings (SSSR count). The number of para-hydroxylation sites is 1. The van der Waals surface area contributed by atoms with Crippen molar-refractivity contribution in [1.29, 1.82) is 0 Å². The minimum Gasteiger partial charge on any atom is -0.396 e. The zero-order chi connectivity index (χ0) is 14.0. The summed E-state index contributed by atoms with van der Waals surface area (Å²) < 4.78 is 26.2. The van der Waals surface area contributed by atoms with Gasteiger partial charge in [-0.3, -0.25) is 4.79 Å². The zero-order valence-electron chi connectivity index (χ0n) is 9.58. The molecule has 1 amide bonds. The Morgan fingerprint density at radius 1 is 1.16 bits per heavy atom. The topological polar surface area (TPSA) is 55.1 Å². The van der Waals surface area contributed by atoms with Crippen LogP contribution in [0, 0.1) is 11.6 Å². The first-order valence-electron chi connectivity index (χ1n) is 5.29. The second kappa shape index (κ2) is 5.24. The largest absolute Gasteiger partial charge is 0.396 e. The lowest BCUT2D eigenvalue weighted by Crippen LogP contribution is -2.14. The van der Waals surface area contributed by atoms with Gasteiger partial charge in [-0.2, -0.15) is 0 Å². The van der Waals surface area contributed by atoms with Gasteiger partial charge >= 0.3 is 0 Å². The average molecular weight is 283 g/mol. The van der Waals surface area contributed by atoms with E-state index >= 15 is 0 Å². The van der Waals surface area contributed by atoms with Gasteiger partial charge in [0.2, 0.25) is 0 Å². The number of rotatable bonds is 2. The third-order valence-corrected chi connectivity index (χ3v) is 2.76. The highest BCUT2D eigenvalue weighted by Gasteiger charge is 2.13. The van der Waals surface area contributed by atoms with Gasteiger partial charge in [0.1, 0.15) is 11.6 Å². The van der Waals surface area contributed by atoms with Gasteiger partial charge in [0.05, 0.1) is 16.3 Å². The number of halogens is 3. The molecule has 0 bridgehead atoms. The van der Waals surface area contributed by atoms with Crippen LogP contribution in [-0.2, 0) is 0 Å². The van der Waals surface area contributed by atoms with Crippen molar-refractivity contribution >= 4 is 28.9 Å². The maximum Gasteiger partial charge on any atom is 0.257 e. The monoisotopic (exact) mass is 282 g/mol. The fourth-order valence-electron chi connectivity index (χ4n) is 1.51. The van der Waals surface area contributed by atoms with Gasteiger partial charge in [0.15, 0.2) is 0 Å². The van der Waals surface area contributed by atoms with E-state index in [1.165, 1.54) is 24.3 Å². The quantitative estimate of drug-likeness (QED) is 0.829. The molecule has 0 atom stereocenters. The zero-order valence-corrected chi connectivity index (χ0v) is 10.3. The number of nitrogen functional groups attached to an aromatic ring is 1. The molecule has 6 heteroatoms. The first-order chi connectivity index (χ1) is 8.99. The van der Waals surface area contributed by atoms with Crippen LogP contribution >= 0.6 is 11.6 Å². The Morgan fingerprint density at radius 3 is 2.58 bits per heavy atom. The Balaban J connectivity index is 2.26. The summed E-state index contributed by atoms with van der Waals surface area (Å²) in [4.78, 5) is 11.9. The van der Waals surface area contributed by atoms with Crippen molar-refractivity contribution in [2.24, 2.45) is 0 Å². The first-order valence-corrected chi connectivity index (χ1v) is 5.67. The van der Waals surface area contributed by atoms with E-state index < -0.39 is 17.5 Å². The predicted molar refractivity (Wildman–Crippen MR) is 70.2 cm³/mol. The molecular formula is C13H9ClF2N2O. The molecule has 0 saturated carbocycles. The number of carbonyl (C=O) groups is 1. The van der Waals surface area contributed by atoms with Crippen molar-refractivity contribution in [1.82, 2.24) is 0 Å². The molecular weight excluding hydrogens is 274 g/mol. The van der Waals surface area contributed by atoms with E-state index in [4.69, 9.17) is 17.3 Å². The summed E-state index contributed by atoms with van der Waals surface area (Å²) in [6, 6.07) is 7.63. The lowest BCUT2D eigenvalue weighted by molar-refractivity contribution is 0.102. The minimum absolute atomic E-state index is 0.000414. The second-order valence-corrected chi connectivity index (χ2v) is 4.19. The third-order valence-electron chi connectivity index (χ3n) is 2.48. The molecule has 3 nitrogen and oxygen atoms in total. The highest BCUT2D eigenvalue weighted by Crippen LogP contribution is 2.21.